The Labute approximate surface area is 202 Å². The lowest BCUT2D eigenvalue weighted by molar-refractivity contribution is -0.384. The maximum atomic E-state index is 12.5. The number of carbonyl (C=O) groups is 1. The second-order valence-corrected chi connectivity index (χ2v) is 7.79. The summed E-state index contributed by atoms with van der Waals surface area (Å²) in [5.41, 5.74) is 6.93. The standard InChI is InChI=1S/C28H23N3O4/c1-20(24-10-7-11-25(18-24)31(33)34)29-30-28(32)23-16-14-21(15-17-23)19-35-27-13-6-5-12-26(27)22-8-3-2-4-9-22/h2-18H,19H2,1H3,(H,30,32). The average Bonchev–Trinajstić information content (AvgIpc) is 2.91. The third-order valence-corrected chi connectivity index (χ3v) is 5.38. The zero-order chi connectivity index (χ0) is 24.6. The first-order valence-corrected chi connectivity index (χ1v) is 11.0. The van der Waals surface area contributed by atoms with Crippen molar-refractivity contribution in [3.05, 3.63) is 130 Å². The maximum Gasteiger partial charge on any atom is 0.271 e. The zero-order valence-electron chi connectivity index (χ0n) is 19.0. The van der Waals surface area contributed by atoms with Crippen molar-refractivity contribution in [1.82, 2.24) is 5.43 Å². The van der Waals surface area contributed by atoms with E-state index in [2.05, 4.69) is 10.5 Å². The molecule has 4 rings (SSSR count). The molecule has 0 aliphatic rings. The van der Waals surface area contributed by atoms with Crippen LogP contribution in [0.2, 0.25) is 0 Å². The Morgan fingerprint density at radius 3 is 2.34 bits per heavy atom. The van der Waals surface area contributed by atoms with E-state index in [9.17, 15) is 14.9 Å². The topological polar surface area (TPSA) is 93.8 Å². The summed E-state index contributed by atoms with van der Waals surface area (Å²) >= 11 is 0. The van der Waals surface area contributed by atoms with Crippen molar-refractivity contribution in [3.8, 4) is 16.9 Å². The first-order chi connectivity index (χ1) is 17.0. The Morgan fingerprint density at radius 1 is 0.886 bits per heavy atom. The molecule has 0 unspecified atom stereocenters. The van der Waals surface area contributed by atoms with Gasteiger partial charge in [0.1, 0.15) is 12.4 Å². The summed E-state index contributed by atoms with van der Waals surface area (Å²) in [7, 11) is 0. The maximum absolute atomic E-state index is 12.5. The number of hydrogen-bond donors (Lipinski definition) is 1. The highest BCUT2D eigenvalue weighted by Crippen LogP contribution is 2.30. The lowest BCUT2D eigenvalue weighted by Gasteiger charge is -2.12. The van der Waals surface area contributed by atoms with Gasteiger partial charge in [-0.3, -0.25) is 14.9 Å². The van der Waals surface area contributed by atoms with Gasteiger partial charge in [-0.1, -0.05) is 72.8 Å². The number of nitrogens with one attached hydrogen (secondary N) is 1. The number of amides is 1. The van der Waals surface area contributed by atoms with Crippen molar-refractivity contribution < 1.29 is 14.5 Å². The molecule has 0 aliphatic heterocycles. The van der Waals surface area contributed by atoms with Gasteiger partial charge >= 0.3 is 0 Å². The van der Waals surface area contributed by atoms with Crippen molar-refractivity contribution >= 4 is 17.3 Å². The monoisotopic (exact) mass is 465 g/mol. The third-order valence-electron chi connectivity index (χ3n) is 5.38. The fourth-order valence-corrected chi connectivity index (χ4v) is 3.47. The van der Waals surface area contributed by atoms with E-state index in [0.717, 1.165) is 22.4 Å². The van der Waals surface area contributed by atoms with Crippen molar-refractivity contribution in [3.63, 3.8) is 0 Å². The van der Waals surface area contributed by atoms with Crippen LogP contribution in [0.3, 0.4) is 0 Å². The lowest BCUT2D eigenvalue weighted by Crippen LogP contribution is -2.19. The van der Waals surface area contributed by atoms with Crippen LogP contribution in [0.25, 0.3) is 11.1 Å². The van der Waals surface area contributed by atoms with Crippen LogP contribution >= 0.6 is 0 Å². The Morgan fingerprint density at radius 2 is 1.60 bits per heavy atom. The first-order valence-electron chi connectivity index (χ1n) is 11.0. The molecule has 0 fully saturated rings. The SMILES string of the molecule is CC(=NNC(=O)c1ccc(COc2ccccc2-c2ccccc2)cc1)c1cccc([N+](=O)[O-])c1. The van der Waals surface area contributed by atoms with E-state index in [1.165, 1.54) is 12.1 Å². The molecule has 7 nitrogen and oxygen atoms in total. The summed E-state index contributed by atoms with van der Waals surface area (Å²) in [6.07, 6.45) is 0. The molecule has 0 aromatic heterocycles. The van der Waals surface area contributed by atoms with E-state index < -0.39 is 4.92 Å². The molecule has 0 bridgehead atoms. The molecule has 7 heteroatoms. The quantitative estimate of drug-likeness (QED) is 0.196. The number of rotatable bonds is 8. The predicted octanol–water partition coefficient (Wildman–Crippen LogP) is 5.99. The summed E-state index contributed by atoms with van der Waals surface area (Å²) in [6, 6.07) is 31.1. The molecule has 1 N–H and O–H groups in total. The van der Waals surface area contributed by atoms with Gasteiger partial charge in [-0.2, -0.15) is 5.10 Å². The Balaban J connectivity index is 1.38. The molecule has 0 spiro atoms. The molecule has 35 heavy (non-hydrogen) atoms. The summed E-state index contributed by atoms with van der Waals surface area (Å²) < 4.78 is 6.06. The summed E-state index contributed by atoms with van der Waals surface area (Å²) in [4.78, 5) is 23.0. The Kier molecular flexibility index (Phi) is 7.28. The molecule has 0 aliphatic carbocycles. The summed E-state index contributed by atoms with van der Waals surface area (Å²) in [5.74, 6) is 0.406. The van der Waals surface area contributed by atoms with Gasteiger partial charge in [0.25, 0.3) is 11.6 Å². The number of nitro benzene ring substituents is 1. The van der Waals surface area contributed by atoms with Gasteiger partial charge in [0.05, 0.1) is 10.6 Å². The highest BCUT2D eigenvalue weighted by molar-refractivity contribution is 6.01. The van der Waals surface area contributed by atoms with E-state index in [0.29, 0.717) is 23.4 Å². The van der Waals surface area contributed by atoms with Crippen molar-refractivity contribution in [2.45, 2.75) is 13.5 Å². The van der Waals surface area contributed by atoms with Crippen molar-refractivity contribution in [2.75, 3.05) is 0 Å². The van der Waals surface area contributed by atoms with E-state index in [1.54, 1.807) is 31.2 Å². The van der Waals surface area contributed by atoms with Crippen LogP contribution in [-0.4, -0.2) is 16.5 Å². The number of nitrogens with zero attached hydrogens (tertiary/aromatic N) is 2. The van der Waals surface area contributed by atoms with Crippen LogP contribution in [0, 0.1) is 10.1 Å². The number of hydrogen-bond acceptors (Lipinski definition) is 5. The highest BCUT2D eigenvalue weighted by atomic mass is 16.6. The lowest BCUT2D eigenvalue weighted by atomic mass is 10.0. The van der Waals surface area contributed by atoms with Gasteiger partial charge in [-0.15, -0.1) is 0 Å². The number of nitro groups is 1. The number of hydrazone groups is 1. The van der Waals surface area contributed by atoms with E-state index in [4.69, 9.17) is 4.74 Å². The van der Waals surface area contributed by atoms with Gasteiger partial charge < -0.3 is 4.74 Å². The van der Waals surface area contributed by atoms with E-state index >= 15 is 0 Å². The predicted molar refractivity (Wildman–Crippen MR) is 135 cm³/mol. The molecule has 0 saturated heterocycles. The van der Waals surface area contributed by atoms with Crippen LogP contribution in [0.15, 0.2) is 108 Å². The van der Waals surface area contributed by atoms with Crippen molar-refractivity contribution in [1.29, 1.82) is 0 Å². The summed E-state index contributed by atoms with van der Waals surface area (Å²) in [6.45, 7) is 2.03. The second kappa shape index (κ2) is 10.9. The van der Waals surface area contributed by atoms with Crippen LogP contribution in [0.4, 0.5) is 5.69 Å². The zero-order valence-corrected chi connectivity index (χ0v) is 19.0. The Hall–Kier alpha value is -4.78. The van der Waals surface area contributed by atoms with Gasteiger partial charge in [0, 0.05) is 28.8 Å². The first kappa shape index (κ1) is 23.4. The average molecular weight is 466 g/mol. The number of para-hydroxylation sites is 1. The molecule has 1 amide bonds. The molecule has 174 valence electrons. The minimum Gasteiger partial charge on any atom is -0.488 e. The normalized spacial score (nSPS) is 11.1. The smallest absolute Gasteiger partial charge is 0.271 e. The Bertz CT molecular complexity index is 1370. The number of ether oxygens (including phenoxy) is 1. The highest BCUT2D eigenvalue weighted by Gasteiger charge is 2.10. The minimum atomic E-state index is -0.471. The van der Waals surface area contributed by atoms with Crippen LogP contribution in [0.1, 0.15) is 28.4 Å². The van der Waals surface area contributed by atoms with Crippen LogP contribution in [-0.2, 0) is 6.61 Å². The fraction of sp³-hybridized carbons (Fsp3) is 0.0714. The number of carbonyl (C=O) groups excluding carboxylic acids is 1. The van der Waals surface area contributed by atoms with Gasteiger partial charge in [-0.25, -0.2) is 5.43 Å². The molecular weight excluding hydrogens is 442 g/mol. The van der Waals surface area contributed by atoms with Crippen LogP contribution < -0.4 is 10.2 Å². The third kappa shape index (κ3) is 5.97. The number of non-ortho nitro benzene ring substituents is 1. The van der Waals surface area contributed by atoms with Gasteiger partial charge in [0.15, 0.2) is 0 Å². The second-order valence-electron chi connectivity index (χ2n) is 7.79. The number of benzene rings is 4. The van der Waals surface area contributed by atoms with Crippen molar-refractivity contribution in [2.24, 2.45) is 5.10 Å². The molecule has 4 aromatic rings. The van der Waals surface area contributed by atoms with E-state index in [1.807, 2.05) is 66.7 Å². The van der Waals surface area contributed by atoms with E-state index in [-0.39, 0.29) is 11.6 Å². The summed E-state index contributed by atoms with van der Waals surface area (Å²) in [5, 5.41) is 15.0. The van der Waals surface area contributed by atoms with Gasteiger partial charge in [-0.05, 0) is 36.2 Å². The molecule has 0 saturated carbocycles. The molecular formula is C28H23N3O4. The molecule has 0 radical (unpaired) electrons. The molecule has 4 aromatic carbocycles. The van der Waals surface area contributed by atoms with Gasteiger partial charge in [0.2, 0.25) is 0 Å². The largest absolute Gasteiger partial charge is 0.488 e. The van der Waals surface area contributed by atoms with Crippen LogP contribution in [0.5, 0.6) is 5.75 Å². The minimum absolute atomic E-state index is 0.0347. The molecule has 0 atom stereocenters. The fourth-order valence-electron chi connectivity index (χ4n) is 3.47. The molecule has 0 heterocycles.